The van der Waals surface area contributed by atoms with Crippen LogP contribution in [0.2, 0.25) is 0 Å². The fraction of sp³-hybridized carbons (Fsp3) is 0.933. The number of hydrogen-bond acceptors (Lipinski definition) is 1. The highest BCUT2D eigenvalue weighted by molar-refractivity contribution is 5.76. The van der Waals surface area contributed by atoms with Crippen molar-refractivity contribution in [2.45, 2.75) is 85.1 Å². The number of amides is 1. The molecule has 1 unspecified atom stereocenters. The van der Waals surface area contributed by atoms with E-state index in [-0.39, 0.29) is 0 Å². The monoisotopic (exact) mass is 241 g/mol. The number of nitrogens with zero attached hydrogens (tertiary/aromatic N) is 1. The van der Waals surface area contributed by atoms with E-state index in [1.54, 1.807) is 0 Å². The Labute approximate surface area is 108 Å². The third kappa shape index (κ3) is 6.70. The van der Waals surface area contributed by atoms with E-state index in [1.165, 1.54) is 38.5 Å². The fourth-order valence-corrected chi connectivity index (χ4v) is 2.44. The molecule has 2 nitrogen and oxygen atoms in total. The van der Waals surface area contributed by atoms with Gasteiger partial charge in [-0.05, 0) is 19.8 Å². The van der Waals surface area contributed by atoms with Crippen molar-refractivity contribution in [2.75, 3.05) is 6.54 Å². The SMILES string of the molecule is CCCCCCC(CCC)N(CC)C(=O)CC. The van der Waals surface area contributed by atoms with Crippen molar-refractivity contribution in [2.24, 2.45) is 0 Å². The summed E-state index contributed by atoms with van der Waals surface area (Å²) in [6.07, 6.45) is 9.35. The molecule has 0 saturated heterocycles. The molecule has 0 saturated carbocycles. The van der Waals surface area contributed by atoms with Crippen LogP contribution in [0.1, 0.15) is 79.1 Å². The highest BCUT2D eigenvalue weighted by atomic mass is 16.2. The van der Waals surface area contributed by atoms with Crippen molar-refractivity contribution in [1.29, 1.82) is 0 Å². The van der Waals surface area contributed by atoms with Gasteiger partial charge in [0.05, 0.1) is 0 Å². The zero-order valence-electron chi connectivity index (χ0n) is 12.3. The third-order valence-electron chi connectivity index (χ3n) is 3.42. The van der Waals surface area contributed by atoms with E-state index in [0.29, 0.717) is 18.4 Å². The van der Waals surface area contributed by atoms with Gasteiger partial charge in [0.25, 0.3) is 0 Å². The van der Waals surface area contributed by atoms with Gasteiger partial charge >= 0.3 is 0 Å². The molecule has 1 amide bonds. The third-order valence-corrected chi connectivity index (χ3v) is 3.42. The van der Waals surface area contributed by atoms with E-state index < -0.39 is 0 Å². The molecule has 0 rings (SSSR count). The minimum Gasteiger partial charge on any atom is -0.340 e. The van der Waals surface area contributed by atoms with Gasteiger partial charge in [0.2, 0.25) is 5.91 Å². The molecule has 0 heterocycles. The maximum Gasteiger partial charge on any atom is 0.222 e. The van der Waals surface area contributed by atoms with Gasteiger partial charge in [-0.25, -0.2) is 0 Å². The second kappa shape index (κ2) is 10.6. The molecule has 0 radical (unpaired) electrons. The first-order chi connectivity index (χ1) is 8.21. The molecule has 0 aromatic heterocycles. The summed E-state index contributed by atoms with van der Waals surface area (Å²) in [7, 11) is 0. The van der Waals surface area contributed by atoms with Crippen molar-refractivity contribution in [3.8, 4) is 0 Å². The van der Waals surface area contributed by atoms with Crippen molar-refractivity contribution in [3.63, 3.8) is 0 Å². The van der Waals surface area contributed by atoms with Crippen LogP contribution in [0, 0.1) is 0 Å². The maximum absolute atomic E-state index is 11.9. The van der Waals surface area contributed by atoms with Gasteiger partial charge in [-0.15, -0.1) is 0 Å². The predicted octanol–water partition coefficient (Wildman–Crippen LogP) is 4.38. The van der Waals surface area contributed by atoms with Crippen LogP contribution in [0.5, 0.6) is 0 Å². The first kappa shape index (κ1) is 16.5. The quantitative estimate of drug-likeness (QED) is 0.520. The fourth-order valence-electron chi connectivity index (χ4n) is 2.44. The van der Waals surface area contributed by atoms with Crippen LogP contribution in [0.15, 0.2) is 0 Å². The molecule has 0 aromatic rings. The summed E-state index contributed by atoms with van der Waals surface area (Å²) in [5, 5.41) is 0. The van der Waals surface area contributed by atoms with Crippen molar-refractivity contribution in [3.05, 3.63) is 0 Å². The Hall–Kier alpha value is -0.530. The van der Waals surface area contributed by atoms with E-state index in [1.807, 2.05) is 6.92 Å². The molecule has 0 aromatic carbocycles. The first-order valence-corrected chi connectivity index (χ1v) is 7.50. The van der Waals surface area contributed by atoms with Gasteiger partial charge in [0.15, 0.2) is 0 Å². The minimum atomic E-state index is 0.321. The standard InChI is InChI=1S/C15H31NO/c1-5-9-10-11-13-14(12-6-2)16(8-4)15(17)7-3/h14H,5-13H2,1-4H3. The lowest BCUT2D eigenvalue weighted by molar-refractivity contribution is -0.133. The van der Waals surface area contributed by atoms with E-state index in [9.17, 15) is 4.79 Å². The zero-order chi connectivity index (χ0) is 13.1. The summed E-state index contributed by atoms with van der Waals surface area (Å²) in [5.74, 6) is 0.321. The lowest BCUT2D eigenvalue weighted by atomic mass is 10.0. The highest BCUT2D eigenvalue weighted by Gasteiger charge is 2.19. The van der Waals surface area contributed by atoms with Crippen molar-refractivity contribution in [1.82, 2.24) is 4.90 Å². The molecule has 102 valence electrons. The second-order valence-electron chi connectivity index (χ2n) is 4.83. The molecule has 0 N–H and O–H groups in total. The molecule has 0 aliphatic rings. The maximum atomic E-state index is 11.9. The lowest BCUT2D eigenvalue weighted by Gasteiger charge is -2.31. The zero-order valence-corrected chi connectivity index (χ0v) is 12.3. The summed E-state index contributed by atoms with van der Waals surface area (Å²) in [6.45, 7) is 9.38. The van der Waals surface area contributed by atoms with Crippen LogP contribution >= 0.6 is 0 Å². The average molecular weight is 241 g/mol. The van der Waals surface area contributed by atoms with Crippen molar-refractivity contribution >= 4 is 5.91 Å². The van der Waals surface area contributed by atoms with Gasteiger partial charge in [-0.1, -0.05) is 52.9 Å². The topological polar surface area (TPSA) is 20.3 Å². The van der Waals surface area contributed by atoms with Gasteiger partial charge in [0, 0.05) is 19.0 Å². The molecule has 17 heavy (non-hydrogen) atoms. The first-order valence-electron chi connectivity index (χ1n) is 7.50. The molecular formula is C15H31NO. The van der Waals surface area contributed by atoms with Crippen LogP contribution < -0.4 is 0 Å². The van der Waals surface area contributed by atoms with Crippen LogP contribution in [0.3, 0.4) is 0 Å². The Balaban J connectivity index is 4.21. The molecular weight excluding hydrogens is 210 g/mol. The largest absolute Gasteiger partial charge is 0.340 e. The van der Waals surface area contributed by atoms with Gasteiger partial charge in [-0.3, -0.25) is 4.79 Å². The Morgan fingerprint density at radius 2 is 1.65 bits per heavy atom. The lowest BCUT2D eigenvalue weighted by Crippen LogP contribution is -2.39. The van der Waals surface area contributed by atoms with E-state index >= 15 is 0 Å². The van der Waals surface area contributed by atoms with E-state index in [4.69, 9.17) is 0 Å². The summed E-state index contributed by atoms with van der Waals surface area (Å²) < 4.78 is 0. The van der Waals surface area contributed by atoms with E-state index in [2.05, 4.69) is 25.7 Å². The number of carbonyl (C=O) groups excluding carboxylic acids is 1. The van der Waals surface area contributed by atoms with Crippen LogP contribution in [0.4, 0.5) is 0 Å². The molecule has 0 aliphatic heterocycles. The van der Waals surface area contributed by atoms with Crippen molar-refractivity contribution < 1.29 is 4.79 Å². The number of carbonyl (C=O) groups is 1. The number of rotatable bonds is 10. The minimum absolute atomic E-state index is 0.321. The Bertz CT molecular complexity index is 191. The van der Waals surface area contributed by atoms with Gasteiger partial charge < -0.3 is 4.90 Å². The Kier molecular flexibility index (Phi) is 10.3. The van der Waals surface area contributed by atoms with Gasteiger partial charge in [-0.2, -0.15) is 0 Å². The second-order valence-corrected chi connectivity index (χ2v) is 4.83. The number of hydrogen-bond donors (Lipinski definition) is 0. The Morgan fingerprint density at radius 3 is 2.12 bits per heavy atom. The number of unbranched alkanes of at least 4 members (excludes halogenated alkanes) is 3. The summed E-state index contributed by atoms with van der Waals surface area (Å²) in [6, 6.07) is 0.481. The molecule has 0 bridgehead atoms. The van der Waals surface area contributed by atoms with E-state index in [0.717, 1.165) is 13.0 Å². The summed E-state index contributed by atoms with van der Waals surface area (Å²) in [5.41, 5.74) is 0. The molecule has 0 fully saturated rings. The highest BCUT2D eigenvalue weighted by Crippen LogP contribution is 2.16. The molecule has 0 spiro atoms. The average Bonchev–Trinajstić information content (AvgIpc) is 2.35. The van der Waals surface area contributed by atoms with Gasteiger partial charge in [0.1, 0.15) is 0 Å². The van der Waals surface area contributed by atoms with Crippen LogP contribution in [-0.4, -0.2) is 23.4 Å². The summed E-state index contributed by atoms with van der Waals surface area (Å²) >= 11 is 0. The molecule has 0 aliphatic carbocycles. The normalized spacial score (nSPS) is 12.5. The Morgan fingerprint density at radius 1 is 0.941 bits per heavy atom. The predicted molar refractivity (Wildman–Crippen MR) is 75.1 cm³/mol. The summed E-state index contributed by atoms with van der Waals surface area (Å²) in [4.78, 5) is 14.0. The molecule has 1 atom stereocenters. The van der Waals surface area contributed by atoms with Crippen LogP contribution in [-0.2, 0) is 4.79 Å². The smallest absolute Gasteiger partial charge is 0.222 e. The van der Waals surface area contributed by atoms with Crippen LogP contribution in [0.25, 0.3) is 0 Å². The molecule has 2 heteroatoms.